The molecule has 0 aromatic heterocycles. The van der Waals surface area contributed by atoms with Crippen molar-refractivity contribution in [3.8, 4) is 0 Å². The second kappa shape index (κ2) is 13.8. The van der Waals surface area contributed by atoms with Crippen LogP contribution in [0.25, 0.3) is 0 Å². The molecule has 1 unspecified atom stereocenters. The van der Waals surface area contributed by atoms with E-state index in [9.17, 15) is 19.2 Å². The van der Waals surface area contributed by atoms with Crippen molar-refractivity contribution in [2.75, 3.05) is 39.5 Å². The van der Waals surface area contributed by atoms with Crippen LogP contribution in [-0.2, 0) is 23.9 Å². The Morgan fingerprint density at radius 1 is 0.885 bits per heavy atom. The second-order valence-electron chi connectivity index (χ2n) is 5.17. The van der Waals surface area contributed by atoms with Crippen LogP contribution in [0.5, 0.6) is 0 Å². The highest BCUT2D eigenvalue weighted by molar-refractivity contribution is 5.77. The molecule has 1 atom stereocenters. The first kappa shape index (κ1) is 23.6. The van der Waals surface area contributed by atoms with Crippen molar-refractivity contribution in [1.82, 2.24) is 10.4 Å². The molecular formula is C14H24N2O10. The number of carbonyl (C=O) groups is 4. The molecule has 0 heterocycles. The molecule has 12 nitrogen and oxygen atoms in total. The van der Waals surface area contributed by atoms with Crippen LogP contribution in [0.2, 0.25) is 0 Å². The first-order valence-corrected chi connectivity index (χ1v) is 7.79. The van der Waals surface area contributed by atoms with Gasteiger partial charge in [-0.15, -0.1) is 0 Å². The molecular weight excluding hydrogens is 356 g/mol. The summed E-state index contributed by atoms with van der Waals surface area (Å²) in [5.74, 6) is -4.55. The van der Waals surface area contributed by atoms with E-state index >= 15 is 0 Å². The molecule has 150 valence electrons. The summed E-state index contributed by atoms with van der Waals surface area (Å²) in [5.41, 5.74) is 2.38. The van der Waals surface area contributed by atoms with Crippen LogP contribution >= 0.6 is 0 Å². The number of ether oxygens (including phenoxy) is 2. The van der Waals surface area contributed by atoms with Crippen LogP contribution in [0.1, 0.15) is 19.3 Å². The number of nitrogens with zero attached hydrogens (tertiary/aromatic N) is 1. The maximum absolute atomic E-state index is 10.8. The minimum atomic E-state index is -1.42. The highest BCUT2D eigenvalue weighted by Gasteiger charge is 2.20. The minimum absolute atomic E-state index is 0.0923. The number of carboxylic acid groups (broad SMARTS) is 4. The van der Waals surface area contributed by atoms with E-state index in [1.807, 2.05) is 0 Å². The Morgan fingerprint density at radius 2 is 1.50 bits per heavy atom. The first-order valence-electron chi connectivity index (χ1n) is 7.79. The Labute approximate surface area is 149 Å². The van der Waals surface area contributed by atoms with E-state index in [0.29, 0.717) is 11.4 Å². The van der Waals surface area contributed by atoms with Gasteiger partial charge in [0.1, 0.15) is 6.54 Å². The van der Waals surface area contributed by atoms with E-state index in [1.54, 1.807) is 0 Å². The van der Waals surface area contributed by atoms with Crippen LogP contribution in [-0.4, -0.2) is 89.0 Å². The van der Waals surface area contributed by atoms with Crippen LogP contribution in [0.4, 0.5) is 4.79 Å². The molecule has 0 aliphatic carbocycles. The van der Waals surface area contributed by atoms with E-state index in [4.69, 9.17) is 29.9 Å². The normalized spacial score (nSPS) is 11.7. The van der Waals surface area contributed by atoms with E-state index in [1.165, 1.54) is 0 Å². The van der Waals surface area contributed by atoms with Gasteiger partial charge in [-0.1, -0.05) is 0 Å². The van der Waals surface area contributed by atoms with Gasteiger partial charge in [0.25, 0.3) is 0 Å². The van der Waals surface area contributed by atoms with Crippen molar-refractivity contribution in [2.45, 2.75) is 19.3 Å². The average Bonchev–Trinajstić information content (AvgIpc) is 2.53. The van der Waals surface area contributed by atoms with Gasteiger partial charge < -0.3 is 29.9 Å². The standard InChI is InChI=1S/C14H24N2O10/c17-11(18)8-10(13(21)22)2-1-4-25-6-7-26-5-3-15-16(14(23)24)9-12(19)20/h10,15H,1-9H2,(H,17,18)(H,19,20)(H,21,22)(H,23,24). The maximum atomic E-state index is 10.8. The molecule has 26 heavy (non-hydrogen) atoms. The first-order chi connectivity index (χ1) is 12.2. The maximum Gasteiger partial charge on any atom is 0.422 e. The monoisotopic (exact) mass is 380 g/mol. The third-order valence-corrected chi connectivity index (χ3v) is 3.06. The molecule has 5 N–H and O–H groups in total. The molecule has 0 aromatic rings. The van der Waals surface area contributed by atoms with Crippen LogP contribution < -0.4 is 5.43 Å². The fraction of sp³-hybridized carbons (Fsp3) is 0.714. The summed E-state index contributed by atoms with van der Waals surface area (Å²) in [6.07, 6.45) is -1.26. The summed E-state index contributed by atoms with van der Waals surface area (Å²) < 4.78 is 10.4. The SMILES string of the molecule is O=C(O)CC(CCCOCCOCCNN(CC(=O)O)C(=O)O)C(=O)O. The molecule has 0 aliphatic rings. The molecule has 0 rings (SSSR count). The zero-order chi connectivity index (χ0) is 19.9. The van der Waals surface area contributed by atoms with Crippen molar-refractivity contribution >= 4 is 24.0 Å². The Balaban J connectivity index is 3.64. The van der Waals surface area contributed by atoms with Gasteiger partial charge in [0.2, 0.25) is 0 Å². The van der Waals surface area contributed by atoms with Gasteiger partial charge in [0, 0.05) is 13.2 Å². The lowest BCUT2D eigenvalue weighted by atomic mass is 10.00. The molecule has 12 heteroatoms. The lowest BCUT2D eigenvalue weighted by molar-refractivity contribution is -0.148. The highest BCUT2D eigenvalue weighted by Crippen LogP contribution is 2.11. The van der Waals surface area contributed by atoms with Crippen molar-refractivity contribution in [3.63, 3.8) is 0 Å². The predicted octanol–water partition coefficient (Wildman–Crippen LogP) is -0.455. The largest absolute Gasteiger partial charge is 0.481 e. The molecule has 0 aliphatic heterocycles. The van der Waals surface area contributed by atoms with Crippen molar-refractivity contribution < 1.29 is 49.1 Å². The Kier molecular flexibility index (Phi) is 12.5. The quantitative estimate of drug-likeness (QED) is 0.172. The molecule has 0 fully saturated rings. The van der Waals surface area contributed by atoms with Crippen molar-refractivity contribution in [1.29, 1.82) is 0 Å². The second-order valence-corrected chi connectivity index (χ2v) is 5.17. The minimum Gasteiger partial charge on any atom is -0.481 e. The smallest absolute Gasteiger partial charge is 0.422 e. The average molecular weight is 380 g/mol. The molecule has 0 radical (unpaired) electrons. The zero-order valence-electron chi connectivity index (χ0n) is 14.1. The van der Waals surface area contributed by atoms with Crippen molar-refractivity contribution in [2.24, 2.45) is 5.92 Å². The number of hydrogen-bond acceptors (Lipinski definition) is 7. The van der Waals surface area contributed by atoms with E-state index in [-0.39, 0.29) is 39.4 Å². The lowest BCUT2D eigenvalue weighted by Crippen LogP contribution is -2.46. The van der Waals surface area contributed by atoms with Gasteiger partial charge in [-0.05, 0) is 12.8 Å². The molecule has 0 saturated carbocycles. The summed E-state index contributed by atoms with van der Waals surface area (Å²) >= 11 is 0. The van der Waals surface area contributed by atoms with Gasteiger partial charge in [-0.3, -0.25) is 14.4 Å². The summed E-state index contributed by atoms with van der Waals surface area (Å²) in [6, 6.07) is 0. The van der Waals surface area contributed by atoms with Gasteiger partial charge in [0.05, 0.1) is 32.2 Å². The van der Waals surface area contributed by atoms with E-state index < -0.39 is 42.9 Å². The van der Waals surface area contributed by atoms with E-state index in [2.05, 4.69) is 5.43 Å². The molecule has 0 aromatic carbocycles. The Bertz CT molecular complexity index is 429. The van der Waals surface area contributed by atoms with E-state index in [0.717, 1.165) is 0 Å². The molecule has 1 amide bonds. The fourth-order valence-corrected chi connectivity index (χ4v) is 1.86. The van der Waals surface area contributed by atoms with Crippen LogP contribution in [0.15, 0.2) is 0 Å². The number of hydrazine groups is 1. The third-order valence-electron chi connectivity index (χ3n) is 3.06. The number of aliphatic carboxylic acids is 3. The Hall–Kier alpha value is -2.44. The van der Waals surface area contributed by atoms with Crippen LogP contribution in [0, 0.1) is 5.92 Å². The van der Waals surface area contributed by atoms with Crippen LogP contribution in [0.3, 0.4) is 0 Å². The summed E-state index contributed by atoms with van der Waals surface area (Å²) in [4.78, 5) is 42.5. The third kappa shape index (κ3) is 12.9. The summed E-state index contributed by atoms with van der Waals surface area (Å²) in [7, 11) is 0. The van der Waals surface area contributed by atoms with Crippen molar-refractivity contribution in [3.05, 3.63) is 0 Å². The zero-order valence-corrected chi connectivity index (χ0v) is 14.1. The highest BCUT2D eigenvalue weighted by atomic mass is 16.5. The molecule has 0 bridgehead atoms. The van der Waals surface area contributed by atoms with Gasteiger partial charge >= 0.3 is 24.0 Å². The van der Waals surface area contributed by atoms with Gasteiger partial charge in [-0.2, -0.15) is 0 Å². The summed E-state index contributed by atoms with van der Waals surface area (Å²) in [6.45, 7) is 0.231. The Morgan fingerprint density at radius 3 is 2.00 bits per heavy atom. The number of nitrogens with one attached hydrogen (secondary N) is 1. The number of carboxylic acids is 3. The van der Waals surface area contributed by atoms with Gasteiger partial charge in [0.15, 0.2) is 0 Å². The van der Waals surface area contributed by atoms with Gasteiger partial charge in [-0.25, -0.2) is 15.2 Å². The fourth-order valence-electron chi connectivity index (χ4n) is 1.86. The number of amides is 1. The number of rotatable bonds is 16. The topological polar surface area (TPSA) is 183 Å². The lowest BCUT2D eigenvalue weighted by Gasteiger charge is -2.17. The predicted molar refractivity (Wildman–Crippen MR) is 84.6 cm³/mol. The summed E-state index contributed by atoms with van der Waals surface area (Å²) in [5, 5.41) is 35.3. The molecule has 0 saturated heterocycles. The molecule has 0 spiro atoms. The number of hydrogen-bond donors (Lipinski definition) is 5.